The van der Waals surface area contributed by atoms with Gasteiger partial charge in [0.1, 0.15) is 18.3 Å². The quantitative estimate of drug-likeness (QED) is 0.469. The Morgan fingerprint density at radius 1 is 1.35 bits per heavy atom. The molecule has 1 saturated heterocycles. The van der Waals surface area contributed by atoms with E-state index in [4.69, 9.17) is 16.2 Å². The van der Waals surface area contributed by atoms with E-state index in [0.717, 1.165) is 0 Å². The third kappa shape index (κ3) is 1.81. The smallest absolute Gasteiger partial charge is 0.312 e. The second-order valence-electron chi connectivity index (χ2n) is 4.48. The van der Waals surface area contributed by atoms with Gasteiger partial charge in [-0.3, -0.25) is 4.57 Å². The van der Waals surface area contributed by atoms with Crippen LogP contribution in [0.25, 0.3) is 11.2 Å². The van der Waals surface area contributed by atoms with Crippen molar-refractivity contribution < 1.29 is 19.3 Å². The predicted molar refractivity (Wildman–Crippen MR) is 64.7 cm³/mol. The lowest BCUT2D eigenvalue weighted by Crippen LogP contribution is -2.35. The minimum atomic E-state index is -1.24. The van der Waals surface area contributed by atoms with Crippen LogP contribution in [0.2, 0.25) is 0 Å². The van der Waals surface area contributed by atoms with Crippen molar-refractivity contribution >= 4 is 17.0 Å². The van der Waals surface area contributed by atoms with E-state index in [-0.39, 0.29) is 23.5 Å². The van der Waals surface area contributed by atoms with Gasteiger partial charge in [-0.15, -0.1) is 0 Å². The summed E-state index contributed by atoms with van der Waals surface area (Å²) in [5.74, 6) is -0.116. The number of rotatable bonds is 2. The number of fused-ring (bicyclic) bond motifs is 1. The summed E-state index contributed by atoms with van der Waals surface area (Å²) in [6, 6.07) is 0. The van der Waals surface area contributed by atoms with E-state index in [1.807, 2.05) is 0 Å². The molecule has 9 nitrogen and oxygen atoms in total. The van der Waals surface area contributed by atoms with Crippen LogP contribution in [0.15, 0.2) is 6.33 Å². The molecule has 4 atom stereocenters. The summed E-state index contributed by atoms with van der Waals surface area (Å²) < 4.78 is 20.0. The highest BCUT2D eigenvalue weighted by atomic mass is 19.1. The first kappa shape index (κ1) is 13.1. The minimum absolute atomic E-state index is 0.0346. The topological polar surface area (TPSA) is 145 Å². The number of aliphatic hydroxyl groups is 2. The second-order valence-corrected chi connectivity index (χ2v) is 4.48. The highest BCUT2D eigenvalue weighted by molar-refractivity contribution is 5.81. The van der Waals surface area contributed by atoms with Gasteiger partial charge in [0.05, 0.1) is 6.33 Å². The number of hydrogen-bond acceptors (Lipinski definition) is 8. The summed E-state index contributed by atoms with van der Waals surface area (Å²) in [7, 11) is 0. The third-order valence-electron chi connectivity index (χ3n) is 3.26. The van der Waals surface area contributed by atoms with E-state index in [1.165, 1.54) is 10.9 Å². The lowest BCUT2D eigenvalue weighted by molar-refractivity contribution is -0.0322. The van der Waals surface area contributed by atoms with Crippen molar-refractivity contribution in [3.8, 4) is 0 Å². The number of aromatic nitrogens is 4. The first-order valence-electron chi connectivity index (χ1n) is 5.90. The first-order chi connectivity index (χ1) is 9.52. The molecule has 10 heteroatoms. The standard InChI is InChI=1S/C10H13FN6O3/c11-10-15-7(13)4-8(16-10)17(2-14-4)9-6(19)5(18)3(1-12)20-9/h2-3,5-6,9,18-19H,1,12H2,(H2,13,15,16)/t3-,5-,6-,9-/m1/s1. The summed E-state index contributed by atoms with van der Waals surface area (Å²) in [4.78, 5) is 10.9. The molecular weight excluding hydrogens is 271 g/mol. The van der Waals surface area contributed by atoms with Crippen LogP contribution in [0, 0.1) is 6.08 Å². The van der Waals surface area contributed by atoms with E-state index in [2.05, 4.69) is 15.0 Å². The highest BCUT2D eigenvalue weighted by Gasteiger charge is 2.43. The van der Waals surface area contributed by atoms with Gasteiger partial charge in [-0.1, -0.05) is 0 Å². The number of nitrogens with zero attached hydrogens (tertiary/aromatic N) is 4. The number of nitrogen functional groups attached to an aromatic ring is 1. The van der Waals surface area contributed by atoms with Crippen LogP contribution in [-0.2, 0) is 4.74 Å². The fraction of sp³-hybridized carbons (Fsp3) is 0.500. The zero-order valence-corrected chi connectivity index (χ0v) is 10.2. The molecule has 20 heavy (non-hydrogen) atoms. The van der Waals surface area contributed by atoms with Gasteiger partial charge in [-0.2, -0.15) is 14.4 Å². The fourth-order valence-electron chi connectivity index (χ4n) is 2.25. The van der Waals surface area contributed by atoms with Crippen LogP contribution in [0.1, 0.15) is 6.23 Å². The van der Waals surface area contributed by atoms with Crippen molar-refractivity contribution in [2.24, 2.45) is 5.73 Å². The Hall–Kier alpha value is -1.88. The molecule has 0 aliphatic carbocycles. The van der Waals surface area contributed by atoms with E-state index in [0.29, 0.717) is 0 Å². The summed E-state index contributed by atoms with van der Waals surface area (Å²) in [5.41, 5.74) is 11.2. The molecule has 1 fully saturated rings. The van der Waals surface area contributed by atoms with Gasteiger partial charge in [0.25, 0.3) is 0 Å². The van der Waals surface area contributed by atoms with E-state index >= 15 is 0 Å². The fourth-order valence-corrected chi connectivity index (χ4v) is 2.25. The third-order valence-corrected chi connectivity index (χ3v) is 3.26. The highest BCUT2D eigenvalue weighted by Crippen LogP contribution is 2.31. The number of aliphatic hydroxyl groups excluding tert-OH is 2. The summed E-state index contributed by atoms with van der Waals surface area (Å²) >= 11 is 0. The van der Waals surface area contributed by atoms with Crippen LogP contribution >= 0.6 is 0 Å². The normalized spacial score (nSPS) is 30.2. The average Bonchev–Trinajstić information content (AvgIpc) is 2.93. The second kappa shape index (κ2) is 4.59. The molecule has 108 valence electrons. The maximum atomic E-state index is 13.2. The van der Waals surface area contributed by atoms with Crippen molar-refractivity contribution in [2.45, 2.75) is 24.5 Å². The average molecular weight is 284 g/mol. The Kier molecular flexibility index (Phi) is 3.01. The molecule has 3 heterocycles. The van der Waals surface area contributed by atoms with Crippen molar-refractivity contribution in [2.75, 3.05) is 12.3 Å². The number of nitrogens with two attached hydrogens (primary N) is 2. The van der Waals surface area contributed by atoms with Gasteiger partial charge >= 0.3 is 6.08 Å². The molecule has 0 bridgehead atoms. The SMILES string of the molecule is NC[C@H]1O[C@@H](n2cnc3c(N)nc(F)nc32)[C@H](O)[C@@H]1O. The zero-order valence-electron chi connectivity index (χ0n) is 10.2. The van der Waals surface area contributed by atoms with Gasteiger partial charge in [-0.25, -0.2) is 4.98 Å². The maximum absolute atomic E-state index is 13.2. The number of hydrogen-bond donors (Lipinski definition) is 4. The van der Waals surface area contributed by atoms with Crippen molar-refractivity contribution in [1.82, 2.24) is 19.5 Å². The van der Waals surface area contributed by atoms with E-state index < -0.39 is 30.6 Å². The number of ether oxygens (including phenoxy) is 1. The molecule has 1 aliphatic rings. The molecular formula is C10H13FN6O3. The zero-order chi connectivity index (χ0) is 14.4. The first-order valence-corrected chi connectivity index (χ1v) is 5.90. The Balaban J connectivity index is 2.07. The molecule has 6 N–H and O–H groups in total. The lowest BCUT2D eigenvalue weighted by Gasteiger charge is -2.16. The number of imidazole rings is 1. The van der Waals surface area contributed by atoms with E-state index in [1.54, 1.807) is 0 Å². The van der Waals surface area contributed by atoms with Crippen LogP contribution in [0.5, 0.6) is 0 Å². The predicted octanol–water partition coefficient (Wildman–Crippen LogP) is -1.87. The van der Waals surface area contributed by atoms with Gasteiger partial charge in [0, 0.05) is 6.54 Å². The van der Waals surface area contributed by atoms with Crippen LogP contribution in [0.4, 0.5) is 10.2 Å². The van der Waals surface area contributed by atoms with Gasteiger partial charge in [-0.05, 0) is 0 Å². The lowest BCUT2D eigenvalue weighted by atomic mass is 10.1. The summed E-state index contributed by atoms with van der Waals surface area (Å²) in [5, 5.41) is 19.8. The maximum Gasteiger partial charge on any atom is 0.312 e. The molecule has 0 aromatic carbocycles. The Morgan fingerprint density at radius 2 is 2.10 bits per heavy atom. The van der Waals surface area contributed by atoms with Gasteiger partial charge < -0.3 is 26.4 Å². The van der Waals surface area contributed by atoms with Gasteiger partial charge in [0.15, 0.2) is 23.2 Å². The van der Waals surface area contributed by atoms with Crippen molar-refractivity contribution in [1.29, 1.82) is 0 Å². The van der Waals surface area contributed by atoms with Crippen molar-refractivity contribution in [3.05, 3.63) is 12.4 Å². The van der Waals surface area contributed by atoms with Crippen molar-refractivity contribution in [3.63, 3.8) is 0 Å². The molecule has 0 radical (unpaired) electrons. The molecule has 2 aromatic heterocycles. The molecule has 0 saturated carbocycles. The largest absolute Gasteiger partial charge is 0.387 e. The Morgan fingerprint density at radius 3 is 2.75 bits per heavy atom. The summed E-state index contributed by atoms with van der Waals surface area (Å²) in [6.07, 6.45) is -3.81. The monoisotopic (exact) mass is 284 g/mol. The molecule has 0 unspecified atom stereocenters. The molecule has 3 rings (SSSR count). The van der Waals surface area contributed by atoms with Crippen LogP contribution in [0.3, 0.4) is 0 Å². The molecule has 0 spiro atoms. The molecule has 1 aliphatic heterocycles. The Labute approximate surface area is 112 Å². The summed E-state index contributed by atoms with van der Waals surface area (Å²) in [6.45, 7) is 0.0346. The molecule has 2 aromatic rings. The number of halogens is 1. The van der Waals surface area contributed by atoms with Crippen LogP contribution < -0.4 is 11.5 Å². The molecule has 0 amide bonds. The van der Waals surface area contributed by atoms with Crippen LogP contribution in [-0.4, -0.2) is 54.6 Å². The van der Waals surface area contributed by atoms with Gasteiger partial charge in [0.2, 0.25) is 0 Å². The van der Waals surface area contributed by atoms with E-state index in [9.17, 15) is 14.6 Å². The number of anilines is 1. The Bertz CT molecular complexity index is 649. The minimum Gasteiger partial charge on any atom is -0.387 e.